The quantitative estimate of drug-likeness (QED) is 0.843. The molecule has 0 radical (unpaired) electrons. The van der Waals surface area contributed by atoms with Gasteiger partial charge in [-0.2, -0.15) is 5.26 Å². The molecule has 1 rings (SSSR count). The molecule has 0 fully saturated rings. The molecule has 0 saturated carbocycles. The Morgan fingerprint density at radius 2 is 1.94 bits per heavy atom. The van der Waals surface area contributed by atoms with Crippen LogP contribution in [-0.4, -0.2) is 23.1 Å². The second-order valence-electron chi connectivity index (χ2n) is 3.53. The number of carbonyl (C=O) groups excluding carboxylic acids is 1. The molecule has 0 amide bonds. The van der Waals surface area contributed by atoms with E-state index in [1.165, 1.54) is 24.3 Å². The van der Waals surface area contributed by atoms with Gasteiger partial charge in [-0.3, -0.25) is 4.79 Å². The molecule has 94 valence electrons. The van der Waals surface area contributed by atoms with Crippen LogP contribution in [0.25, 0.3) is 0 Å². The van der Waals surface area contributed by atoms with Crippen LogP contribution in [0.5, 0.6) is 0 Å². The highest BCUT2D eigenvalue weighted by Gasteiger charge is 2.32. The summed E-state index contributed by atoms with van der Waals surface area (Å²) >= 11 is 5.70. The molecule has 0 aliphatic carbocycles. The number of aliphatic carboxylic acids is 1. The molecule has 0 heterocycles. The first-order valence-corrected chi connectivity index (χ1v) is 5.38. The van der Waals surface area contributed by atoms with Crippen LogP contribution in [-0.2, 0) is 14.3 Å². The van der Waals surface area contributed by atoms with E-state index in [0.717, 1.165) is 6.92 Å². The molecule has 0 bridgehead atoms. The first-order valence-electron chi connectivity index (χ1n) is 5.00. The van der Waals surface area contributed by atoms with Gasteiger partial charge in [0.25, 0.3) is 0 Å². The van der Waals surface area contributed by atoms with E-state index >= 15 is 0 Å². The van der Waals surface area contributed by atoms with Gasteiger partial charge in [0.1, 0.15) is 5.92 Å². The second-order valence-corrected chi connectivity index (χ2v) is 3.96. The van der Waals surface area contributed by atoms with E-state index in [0.29, 0.717) is 10.6 Å². The average Bonchev–Trinajstić information content (AvgIpc) is 2.30. The van der Waals surface area contributed by atoms with Crippen molar-refractivity contribution >= 4 is 23.5 Å². The number of hydrogen-bond donors (Lipinski definition) is 1. The zero-order valence-electron chi connectivity index (χ0n) is 9.46. The molecule has 6 heteroatoms. The zero-order chi connectivity index (χ0) is 13.7. The third kappa shape index (κ3) is 3.47. The van der Waals surface area contributed by atoms with Gasteiger partial charge < -0.3 is 9.84 Å². The van der Waals surface area contributed by atoms with Gasteiger partial charge >= 0.3 is 11.9 Å². The molecule has 0 saturated heterocycles. The number of rotatable bonds is 4. The van der Waals surface area contributed by atoms with Gasteiger partial charge in [-0.05, 0) is 17.7 Å². The first-order chi connectivity index (χ1) is 8.45. The van der Waals surface area contributed by atoms with Crippen molar-refractivity contribution in [2.45, 2.75) is 18.9 Å². The maximum atomic E-state index is 11.0. The fraction of sp³-hybridized carbons (Fsp3) is 0.250. The number of esters is 1. The lowest BCUT2D eigenvalue weighted by molar-refractivity contribution is -0.163. The molecule has 1 aromatic carbocycles. The molecule has 1 aromatic rings. The van der Waals surface area contributed by atoms with Gasteiger partial charge in [0.15, 0.2) is 0 Å². The lowest BCUT2D eigenvalue weighted by atomic mass is 9.95. The molecule has 0 aromatic heterocycles. The minimum atomic E-state index is -1.53. The predicted octanol–water partition coefficient (Wildman–Crippen LogP) is 1.96. The van der Waals surface area contributed by atoms with Crippen LogP contribution in [0.15, 0.2) is 24.3 Å². The predicted molar refractivity (Wildman–Crippen MR) is 63.0 cm³/mol. The number of halogens is 1. The van der Waals surface area contributed by atoms with Crippen LogP contribution in [0.1, 0.15) is 18.4 Å². The smallest absolute Gasteiger partial charge is 0.346 e. The standard InChI is InChI=1S/C12H10ClNO4/c1-7(15)18-11(12(16)17)10(6-14)8-2-4-9(13)5-3-8/h2-5,10-11H,1H3,(H,16,17). The third-order valence-corrected chi connectivity index (χ3v) is 2.46. The van der Waals surface area contributed by atoms with Crippen molar-refractivity contribution in [2.24, 2.45) is 0 Å². The van der Waals surface area contributed by atoms with Crippen LogP contribution in [0, 0.1) is 11.3 Å². The summed E-state index contributed by atoms with van der Waals surface area (Å²) in [6, 6.07) is 7.94. The van der Waals surface area contributed by atoms with E-state index in [1.807, 2.05) is 6.07 Å². The van der Waals surface area contributed by atoms with Crippen molar-refractivity contribution in [3.8, 4) is 6.07 Å². The molecular weight excluding hydrogens is 258 g/mol. The highest BCUT2D eigenvalue weighted by molar-refractivity contribution is 6.30. The van der Waals surface area contributed by atoms with E-state index in [-0.39, 0.29) is 0 Å². The maximum absolute atomic E-state index is 11.0. The molecule has 2 atom stereocenters. The van der Waals surface area contributed by atoms with Gasteiger partial charge in [-0.15, -0.1) is 0 Å². The summed E-state index contributed by atoms with van der Waals surface area (Å²) in [5.41, 5.74) is 0.426. The van der Waals surface area contributed by atoms with Crippen LogP contribution in [0.2, 0.25) is 5.02 Å². The van der Waals surface area contributed by atoms with E-state index in [4.69, 9.17) is 22.0 Å². The summed E-state index contributed by atoms with van der Waals surface area (Å²) in [4.78, 5) is 21.9. The van der Waals surface area contributed by atoms with Crippen LogP contribution >= 0.6 is 11.6 Å². The highest BCUT2D eigenvalue weighted by atomic mass is 35.5. The van der Waals surface area contributed by atoms with Crippen molar-refractivity contribution in [3.05, 3.63) is 34.9 Å². The Morgan fingerprint density at radius 3 is 2.33 bits per heavy atom. The molecule has 5 nitrogen and oxygen atoms in total. The summed E-state index contributed by atoms with van der Waals surface area (Å²) in [6.07, 6.45) is -1.53. The second kappa shape index (κ2) is 6.03. The van der Waals surface area contributed by atoms with Gasteiger partial charge in [0.2, 0.25) is 6.10 Å². The molecule has 2 unspecified atom stereocenters. The summed E-state index contributed by atoms with van der Waals surface area (Å²) in [5, 5.41) is 18.5. The minimum Gasteiger partial charge on any atom is -0.478 e. The number of carboxylic acids is 1. The SMILES string of the molecule is CC(=O)OC(C(=O)O)C(C#N)c1ccc(Cl)cc1. The zero-order valence-corrected chi connectivity index (χ0v) is 10.2. The van der Waals surface area contributed by atoms with Crippen LogP contribution in [0.3, 0.4) is 0 Å². The number of nitriles is 1. The van der Waals surface area contributed by atoms with E-state index in [9.17, 15) is 9.59 Å². The van der Waals surface area contributed by atoms with E-state index < -0.39 is 24.0 Å². The summed E-state index contributed by atoms with van der Waals surface area (Å²) < 4.78 is 4.66. The third-order valence-electron chi connectivity index (χ3n) is 2.21. The molecule has 0 aliphatic heterocycles. The summed E-state index contributed by atoms with van der Waals surface area (Å²) in [7, 11) is 0. The highest BCUT2D eigenvalue weighted by Crippen LogP contribution is 2.23. The summed E-state index contributed by atoms with van der Waals surface area (Å²) in [5.74, 6) is -3.20. The minimum absolute atomic E-state index is 0.426. The summed E-state index contributed by atoms with van der Waals surface area (Å²) in [6.45, 7) is 1.09. The molecule has 1 N–H and O–H groups in total. The number of hydrogen-bond acceptors (Lipinski definition) is 4. The fourth-order valence-corrected chi connectivity index (χ4v) is 1.55. The Balaban J connectivity index is 3.06. The average molecular weight is 268 g/mol. The molecular formula is C12H10ClNO4. The molecule has 0 spiro atoms. The number of carbonyl (C=O) groups is 2. The van der Waals surface area contributed by atoms with Crippen molar-refractivity contribution in [1.82, 2.24) is 0 Å². The van der Waals surface area contributed by atoms with Crippen molar-refractivity contribution < 1.29 is 19.4 Å². The first kappa shape index (κ1) is 14.0. The Bertz CT molecular complexity index is 492. The molecule has 0 aliphatic rings. The van der Waals surface area contributed by atoms with Crippen molar-refractivity contribution in [3.63, 3.8) is 0 Å². The van der Waals surface area contributed by atoms with Crippen LogP contribution < -0.4 is 0 Å². The number of benzene rings is 1. The lowest BCUT2D eigenvalue weighted by Gasteiger charge is -2.18. The maximum Gasteiger partial charge on any atom is 0.346 e. The van der Waals surface area contributed by atoms with Crippen LogP contribution in [0.4, 0.5) is 0 Å². The Hall–Kier alpha value is -2.06. The van der Waals surface area contributed by atoms with Crippen molar-refractivity contribution in [1.29, 1.82) is 5.26 Å². The number of ether oxygens (including phenoxy) is 1. The normalized spacial score (nSPS) is 13.2. The topological polar surface area (TPSA) is 87.4 Å². The largest absolute Gasteiger partial charge is 0.478 e. The number of carboxylic acid groups (broad SMARTS) is 1. The van der Waals surface area contributed by atoms with Gasteiger partial charge in [-0.25, -0.2) is 4.79 Å². The van der Waals surface area contributed by atoms with E-state index in [1.54, 1.807) is 0 Å². The Morgan fingerprint density at radius 1 is 1.39 bits per heavy atom. The Kier molecular flexibility index (Phi) is 4.69. The molecule has 18 heavy (non-hydrogen) atoms. The van der Waals surface area contributed by atoms with E-state index in [2.05, 4.69) is 4.74 Å². The van der Waals surface area contributed by atoms with Gasteiger partial charge in [0.05, 0.1) is 6.07 Å². The van der Waals surface area contributed by atoms with Gasteiger partial charge in [0, 0.05) is 11.9 Å². The van der Waals surface area contributed by atoms with Gasteiger partial charge in [-0.1, -0.05) is 23.7 Å². The fourth-order valence-electron chi connectivity index (χ4n) is 1.43. The lowest BCUT2D eigenvalue weighted by Crippen LogP contribution is -2.32. The van der Waals surface area contributed by atoms with Crippen molar-refractivity contribution in [2.75, 3.05) is 0 Å². The Labute approximate surface area is 109 Å². The monoisotopic (exact) mass is 267 g/mol. The number of nitrogens with zero attached hydrogens (tertiary/aromatic N) is 1.